The van der Waals surface area contributed by atoms with Crippen molar-refractivity contribution in [2.75, 3.05) is 0 Å². The lowest BCUT2D eigenvalue weighted by Crippen LogP contribution is -2.14. The molecule has 0 saturated heterocycles. The summed E-state index contributed by atoms with van der Waals surface area (Å²) < 4.78 is 5.85. The molecule has 1 aliphatic heterocycles. The van der Waals surface area contributed by atoms with E-state index in [0.29, 0.717) is 5.76 Å². The standard InChI is InChI=1S/C19H16O4/c20-15-6-1-13(2-7-15)3-10-18-11-17(22)12-19(23-18)14-4-8-16(21)9-5-14/h1-11,19-21H,12H2/b10-3+. The molecule has 0 saturated carbocycles. The van der Waals surface area contributed by atoms with Crippen LogP contribution in [0.5, 0.6) is 11.5 Å². The van der Waals surface area contributed by atoms with E-state index in [0.717, 1.165) is 11.1 Å². The molecule has 4 nitrogen and oxygen atoms in total. The summed E-state index contributed by atoms with van der Waals surface area (Å²) in [5.74, 6) is 0.879. The van der Waals surface area contributed by atoms with Gasteiger partial charge in [0.05, 0.1) is 6.42 Å². The molecule has 1 atom stereocenters. The summed E-state index contributed by atoms with van der Waals surface area (Å²) >= 11 is 0. The molecule has 0 amide bonds. The molecule has 1 heterocycles. The average Bonchev–Trinajstić information content (AvgIpc) is 2.54. The van der Waals surface area contributed by atoms with Crippen LogP contribution >= 0.6 is 0 Å². The lowest BCUT2D eigenvalue weighted by molar-refractivity contribution is -0.118. The number of aromatic hydroxyl groups is 2. The van der Waals surface area contributed by atoms with Gasteiger partial charge in [0.15, 0.2) is 5.78 Å². The Morgan fingerprint density at radius 1 is 0.913 bits per heavy atom. The molecule has 116 valence electrons. The quantitative estimate of drug-likeness (QED) is 0.906. The van der Waals surface area contributed by atoms with Gasteiger partial charge in [-0.3, -0.25) is 4.79 Å². The predicted molar refractivity (Wildman–Crippen MR) is 86.8 cm³/mol. The first kappa shape index (κ1) is 14.9. The molecule has 0 aromatic heterocycles. The van der Waals surface area contributed by atoms with Gasteiger partial charge in [0, 0.05) is 6.08 Å². The normalized spacial score (nSPS) is 17.8. The lowest BCUT2D eigenvalue weighted by atomic mass is 10.0. The average molecular weight is 308 g/mol. The van der Waals surface area contributed by atoms with Crippen molar-refractivity contribution in [3.8, 4) is 11.5 Å². The number of phenols is 2. The van der Waals surface area contributed by atoms with Crippen LogP contribution in [0.3, 0.4) is 0 Å². The molecule has 0 aliphatic carbocycles. The third kappa shape index (κ3) is 3.80. The monoisotopic (exact) mass is 308 g/mol. The third-order valence-electron chi connectivity index (χ3n) is 3.57. The van der Waals surface area contributed by atoms with E-state index < -0.39 is 0 Å². The molecule has 0 fully saturated rings. The highest BCUT2D eigenvalue weighted by molar-refractivity contribution is 5.91. The van der Waals surface area contributed by atoms with Crippen molar-refractivity contribution in [3.63, 3.8) is 0 Å². The van der Waals surface area contributed by atoms with Gasteiger partial charge in [-0.15, -0.1) is 0 Å². The number of benzene rings is 2. The fraction of sp³-hybridized carbons (Fsp3) is 0.105. The summed E-state index contributed by atoms with van der Waals surface area (Å²) in [6.07, 6.45) is 4.96. The maximum absolute atomic E-state index is 11.9. The number of hydrogen-bond donors (Lipinski definition) is 2. The van der Waals surface area contributed by atoms with Crippen LogP contribution in [0.25, 0.3) is 6.08 Å². The van der Waals surface area contributed by atoms with E-state index in [9.17, 15) is 15.0 Å². The molecule has 23 heavy (non-hydrogen) atoms. The van der Waals surface area contributed by atoms with Crippen molar-refractivity contribution in [3.05, 3.63) is 77.6 Å². The van der Waals surface area contributed by atoms with Crippen molar-refractivity contribution in [1.82, 2.24) is 0 Å². The first-order valence-corrected chi connectivity index (χ1v) is 7.27. The molecule has 0 spiro atoms. The van der Waals surface area contributed by atoms with Gasteiger partial charge >= 0.3 is 0 Å². The zero-order valence-corrected chi connectivity index (χ0v) is 12.3. The van der Waals surface area contributed by atoms with Gasteiger partial charge in [-0.1, -0.05) is 30.3 Å². The van der Waals surface area contributed by atoms with Crippen molar-refractivity contribution in [2.45, 2.75) is 12.5 Å². The maximum atomic E-state index is 11.9. The summed E-state index contributed by atoms with van der Waals surface area (Å²) in [6.45, 7) is 0. The second kappa shape index (κ2) is 6.40. The Balaban J connectivity index is 1.76. The summed E-state index contributed by atoms with van der Waals surface area (Å²) in [6, 6.07) is 13.4. The smallest absolute Gasteiger partial charge is 0.163 e. The van der Waals surface area contributed by atoms with Crippen LogP contribution in [-0.4, -0.2) is 16.0 Å². The van der Waals surface area contributed by atoms with Crippen LogP contribution in [0.2, 0.25) is 0 Å². The van der Waals surface area contributed by atoms with Crippen molar-refractivity contribution >= 4 is 11.9 Å². The summed E-state index contributed by atoms with van der Waals surface area (Å²) in [5, 5.41) is 18.6. The number of hydrogen-bond acceptors (Lipinski definition) is 4. The second-order valence-corrected chi connectivity index (χ2v) is 5.34. The first-order valence-electron chi connectivity index (χ1n) is 7.27. The molecule has 0 bridgehead atoms. The van der Waals surface area contributed by atoms with E-state index in [-0.39, 0.29) is 29.8 Å². The van der Waals surface area contributed by atoms with Gasteiger partial charge < -0.3 is 14.9 Å². The molecule has 4 heteroatoms. The van der Waals surface area contributed by atoms with E-state index in [4.69, 9.17) is 4.74 Å². The van der Waals surface area contributed by atoms with E-state index in [1.54, 1.807) is 54.6 Å². The van der Waals surface area contributed by atoms with Crippen molar-refractivity contribution in [2.24, 2.45) is 0 Å². The van der Waals surface area contributed by atoms with Crippen LogP contribution in [-0.2, 0) is 9.53 Å². The van der Waals surface area contributed by atoms with Crippen LogP contribution in [0, 0.1) is 0 Å². The fourth-order valence-corrected chi connectivity index (χ4v) is 2.37. The number of ketones is 1. The van der Waals surface area contributed by atoms with Gasteiger partial charge in [-0.2, -0.15) is 0 Å². The molecule has 2 aromatic rings. The summed E-state index contributed by atoms with van der Waals surface area (Å²) in [5.41, 5.74) is 1.74. The molecule has 2 aromatic carbocycles. The minimum Gasteiger partial charge on any atom is -0.508 e. The number of rotatable bonds is 3. The van der Waals surface area contributed by atoms with E-state index in [1.807, 2.05) is 6.08 Å². The van der Waals surface area contributed by atoms with Gasteiger partial charge in [0.2, 0.25) is 0 Å². The topological polar surface area (TPSA) is 66.8 Å². The zero-order chi connectivity index (χ0) is 16.2. The Morgan fingerprint density at radius 2 is 1.52 bits per heavy atom. The first-order chi connectivity index (χ1) is 11.1. The number of allylic oxidation sites excluding steroid dienone is 2. The molecular formula is C19H16O4. The molecule has 2 N–H and O–H groups in total. The molecule has 1 unspecified atom stereocenters. The number of ether oxygens (including phenoxy) is 1. The van der Waals surface area contributed by atoms with Gasteiger partial charge in [-0.05, 0) is 41.5 Å². The lowest BCUT2D eigenvalue weighted by Gasteiger charge is -2.23. The second-order valence-electron chi connectivity index (χ2n) is 5.34. The highest BCUT2D eigenvalue weighted by Crippen LogP contribution is 2.30. The van der Waals surface area contributed by atoms with Gasteiger partial charge in [0.25, 0.3) is 0 Å². The zero-order valence-electron chi connectivity index (χ0n) is 12.3. The molecule has 3 rings (SSSR count). The Labute approximate surface area is 134 Å². The van der Waals surface area contributed by atoms with Crippen LogP contribution in [0.15, 0.2) is 66.4 Å². The Hall–Kier alpha value is -3.01. The number of carbonyl (C=O) groups is 1. The predicted octanol–water partition coefficient (Wildman–Crippen LogP) is 3.73. The minimum atomic E-state index is -0.354. The van der Waals surface area contributed by atoms with E-state index in [2.05, 4.69) is 0 Å². The number of carbonyl (C=O) groups excluding carboxylic acids is 1. The highest BCUT2D eigenvalue weighted by Gasteiger charge is 2.22. The maximum Gasteiger partial charge on any atom is 0.163 e. The molecular weight excluding hydrogens is 292 g/mol. The largest absolute Gasteiger partial charge is 0.508 e. The van der Waals surface area contributed by atoms with E-state index >= 15 is 0 Å². The van der Waals surface area contributed by atoms with Gasteiger partial charge in [0.1, 0.15) is 23.4 Å². The van der Waals surface area contributed by atoms with Crippen molar-refractivity contribution < 1.29 is 19.7 Å². The van der Waals surface area contributed by atoms with Crippen LogP contribution in [0.1, 0.15) is 23.7 Å². The Morgan fingerprint density at radius 3 is 2.17 bits per heavy atom. The Kier molecular flexibility index (Phi) is 4.15. The van der Waals surface area contributed by atoms with Crippen LogP contribution in [0.4, 0.5) is 0 Å². The van der Waals surface area contributed by atoms with Crippen molar-refractivity contribution in [1.29, 1.82) is 0 Å². The minimum absolute atomic E-state index is 0.000295. The Bertz CT molecular complexity index is 755. The molecule has 1 aliphatic rings. The molecule has 0 radical (unpaired) electrons. The number of phenolic OH excluding ortho intramolecular Hbond substituents is 2. The highest BCUT2D eigenvalue weighted by atomic mass is 16.5. The SMILES string of the molecule is O=C1C=C(/C=C/c2ccc(O)cc2)OC(c2ccc(O)cc2)C1. The summed E-state index contributed by atoms with van der Waals surface area (Å²) in [7, 11) is 0. The fourth-order valence-electron chi connectivity index (χ4n) is 2.37. The summed E-state index contributed by atoms with van der Waals surface area (Å²) in [4.78, 5) is 11.9. The van der Waals surface area contributed by atoms with E-state index in [1.165, 1.54) is 6.08 Å². The van der Waals surface area contributed by atoms with Gasteiger partial charge in [-0.25, -0.2) is 0 Å². The third-order valence-corrected chi connectivity index (χ3v) is 3.57. The van der Waals surface area contributed by atoms with Crippen LogP contribution < -0.4 is 0 Å².